The van der Waals surface area contributed by atoms with Crippen molar-refractivity contribution in [2.24, 2.45) is 5.41 Å². The highest BCUT2D eigenvalue weighted by Crippen LogP contribution is 2.29. The van der Waals surface area contributed by atoms with Gasteiger partial charge in [0.25, 0.3) is 5.91 Å². The van der Waals surface area contributed by atoms with E-state index in [1.807, 2.05) is 0 Å². The lowest BCUT2D eigenvalue weighted by Gasteiger charge is -2.25. The van der Waals surface area contributed by atoms with E-state index in [9.17, 15) is 19.1 Å². The minimum atomic E-state index is -1.21. The van der Waals surface area contributed by atoms with Gasteiger partial charge in [-0.1, -0.05) is 15.9 Å². The first kappa shape index (κ1) is 14.9. The molecule has 1 fully saturated rings. The average molecular weight is 346 g/mol. The van der Waals surface area contributed by atoms with Gasteiger partial charge >= 0.3 is 5.97 Å². The SMILES string of the molecule is CC1(C(=O)O)COCC1NC(=O)c1cc(Br)ccc1F. The Balaban J connectivity index is 2.19. The van der Waals surface area contributed by atoms with Crippen LogP contribution in [0, 0.1) is 11.2 Å². The molecule has 5 nitrogen and oxygen atoms in total. The molecular formula is C13H13BrFNO4. The van der Waals surface area contributed by atoms with Gasteiger partial charge in [-0.2, -0.15) is 0 Å². The number of benzene rings is 1. The summed E-state index contributed by atoms with van der Waals surface area (Å²) in [6.45, 7) is 1.59. The molecular weight excluding hydrogens is 333 g/mol. The number of amides is 1. The van der Waals surface area contributed by atoms with Crippen molar-refractivity contribution in [3.05, 3.63) is 34.1 Å². The molecule has 1 aromatic rings. The van der Waals surface area contributed by atoms with Crippen molar-refractivity contribution in [3.63, 3.8) is 0 Å². The van der Waals surface area contributed by atoms with Gasteiger partial charge in [0, 0.05) is 4.47 Å². The first-order valence-electron chi connectivity index (χ1n) is 5.91. The van der Waals surface area contributed by atoms with Crippen LogP contribution in [0.2, 0.25) is 0 Å². The molecule has 1 heterocycles. The van der Waals surface area contributed by atoms with E-state index >= 15 is 0 Å². The molecule has 2 N–H and O–H groups in total. The van der Waals surface area contributed by atoms with Gasteiger partial charge in [0.1, 0.15) is 11.2 Å². The van der Waals surface area contributed by atoms with Crippen LogP contribution >= 0.6 is 15.9 Å². The van der Waals surface area contributed by atoms with Crippen LogP contribution in [0.4, 0.5) is 4.39 Å². The fourth-order valence-corrected chi connectivity index (χ4v) is 2.35. The number of carboxylic acids is 1. The van der Waals surface area contributed by atoms with Crippen LogP contribution in [-0.2, 0) is 9.53 Å². The van der Waals surface area contributed by atoms with Gasteiger partial charge in [0.15, 0.2) is 0 Å². The first-order valence-corrected chi connectivity index (χ1v) is 6.71. The Morgan fingerprint density at radius 2 is 2.25 bits per heavy atom. The van der Waals surface area contributed by atoms with Crippen molar-refractivity contribution in [3.8, 4) is 0 Å². The third-order valence-corrected chi connectivity index (χ3v) is 3.92. The molecule has 1 aliphatic rings. The molecule has 1 aromatic carbocycles. The summed E-state index contributed by atoms with van der Waals surface area (Å²) in [5.41, 5.74) is -1.35. The van der Waals surface area contributed by atoms with Crippen LogP contribution in [0.25, 0.3) is 0 Å². The average Bonchev–Trinajstić information content (AvgIpc) is 2.75. The van der Waals surface area contributed by atoms with Crippen LogP contribution in [0.5, 0.6) is 0 Å². The van der Waals surface area contributed by atoms with Gasteiger partial charge < -0.3 is 15.2 Å². The summed E-state index contributed by atoms with van der Waals surface area (Å²) in [7, 11) is 0. The number of nitrogens with one attached hydrogen (secondary N) is 1. The number of halogens is 2. The van der Waals surface area contributed by atoms with Gasteiger partial charge in [0.2, 0.25) is 0 Å². The van der Waals surface area contributed by atoms with Gasteiger partial charge in [-0.15, -0.1) is 0 Å². The predicted molar refractivity (Wildman–Crippen MR) is 71.9 cm³/mol. The smallest absolute Gasteiger partial charge is 0.313 e. The van der Waals surface area contributed by atoms with E-state index in [0.29, 0.717) is 4.47 Å². The van der Waals surface area contributed by atoms with Crippen molar-refractivity contribution >= 4 is 27.8 Å². The zero-order valence-corrected chi connectivity index (χ0v) is 12.2. The molecule has 0 saturated carbocycles. The maximum absolute atomic E-state index is 13.6. The number of rotatable bonds is 3. The quantitative estimate of drug-likeness (QED) is 0.875. The van der Waals surface area contributed by atoms with Crippen LogP contribution in [-0.4, -0.2) is 36.2 Å². The standard InChI is InChI=1S/C13H13BrFNO4/c1-13(12(18)19)6-20-5-10(13)16-11(17)8-4-7(14)2-3-9(8)15/h2-4,10H,5-6H2,1H3,(H,16,17)(H,18,19). The van der Waals surface area contributed by atoms with Crippen LogP contribution < -0.4 is 5.32 Å². The summed E-state index contributed by atoms with van der Waals surface area (Å²) in [4.78, 5) is 23.3. The zero-order valence-electron chi connectivity index (χ0n) is 10.7. The minimum Gasteiger partial charge on any atom is -0.481 e. The fourth-order valence-electron chi connectivity index (χ4n) is 1.99. The number of carboxylic acid groups (broad SMARTS) is 1. The molecule has 2 rings (SSSR count). The monoisotopic (exact) mass is 345 g/mol. The Bertz CT molecular complexity index is 565. The van der Waals surface area contributed by atoms with E-state index in [1.54, 1.807) is 0 Å². The van der Waals surface area contributed by atoms with E-state index < -0.39 is 29.2 Å². The third-order valence-electron chi connectivity index (χ3n) is 3.42. The lowest BCUT2D eigenvalue weighted by molar-refractivity contribution is -0.148. The second-order valence-corrected chi connectivity index (χ2v) is 5.80. The third kappa shape index (κ3) is 2.69. The predicted octanol–water partition coefficient (Wildman–Crippen LogP) is 1.81. The molecule has 1 aliphatic heterocycles. The lowest BCUT2D eigenvalue weighted by atomic mass is 9.85. The Morgan fingerprint density at radius 1 is 1.55 bits per heavy atom. The Labute approximate surface area is 123 Å². The van der Waals surface area contributed by atoms with E-state index in [4.69, 9.17) is 4.74 Å². The maximum Gasteiger partial charge on any atom is 0.313 e. The van der Waals surface area contributed by atoms with Crippen molar-refractivity contribution in [1.29, 1.82) is 0 Å². The van der Waals surface area contributed by atoms with Crippen molar-refractivity contribution in [2.45, 2.75) is 13.0 Å². The molecule has 108 valence electrons. The number of ether oxygens (including phenoxy) is 1. The lowest BCUT2D eigenvalue weighted by Crippen LogP contribution is -2.49. The topological polar surface area (TPSA) is 75.6 Å². The van der Waals surface area contributed by atoms with Crippen molar-refractivity contribution in [2.75, 3.05) is 13.2 Å². The Hall–Kier alpha value is -1.47. The Kier molecular flexibility index (Phi) is 4.10. The Morgan fingerprint density at radius 3 is 2.90 bits per heavy atom. The molecule has 0 aromatic heterocycles. The summed E-state index contributed by atoms with van der Waals surface area (Å²) < 4.78 is 19.3. The van der Waals surface area contributed by atoms with E-state index in [-0.39, 0.29) is 18.8 Å². The molecule has 7 heteroatoms. The number of carbonyl (C=O) groups is 2. The van der Waals surface area contributed by atoms with E-state index in [2.05, 4.69) is 21.2 Å². The van der Waals surface area contributed by atoms with E-state index in [1.165, 1.54) is 25.1 Å². The minimum absolute atomic E-state index is 0.00818. The second-order valence-electron chi connectivity index (χ2n) is 4.89. The highest BCUT2D eigenvalue weighted by Gasteiger charge is 2.47. The normalized spacial score (nSPS) is 25.4. The summed E-state index contributed by atoms with van der Waals surface area (Å²) in [6, 6.07) is 3.29. The highest BCUT2D eigenvalue weighted by molar-refractivity contribution is 9.10. The molecule has 0 radical (unpaired) electrons. The molecule has 0 spiro atoms. The maximum atomic E-state index is 13.6. The molecule has 1 saturated heterocycles. The number of carbonyl (C=O) groups excluding carboxylic acids is 1. The van der Waals surface area contributed by atoms with Gasteiger partial charge in [-0.25, -0.2) is 4.39 Å². The number of aliphatic carboxylic acids is 1. The van der Waals surface area contributed by atoms with E-state index in [0.717, 1.165) is 0 Å². The van der Waals surface area contributed by atoms with Gasteiger partial charge in [-0.05, 0) is 25.1 Å². The largest absolute Gasteiger partial charge is 0.481 e. The molecule has 1 amide bonds. The molecule has 20 heavy (non-hydrogen) atoms. The highest BCUT2D eigenvalue weighted by atomic mass is 79.9. The van der Waals surface area contributed by atoms with Crippen LogP contribution in [0.3, 0.4) is 0 Å². The summed E-state index contributed by atoms with van der Waals surface area (Å²) in [5, 5.41) is 11.7. The van der Waals surface area contributed by atoms with Crippen LogP contribution in [0.15, 0.2) is 22.7 Å². The van der Waals surface area contributed by atoms with Gasteiger partial charge in [-0.3, -0.25) is 9.59 Å². The summed E-state index contributed by atoms with van der Waals surface area (Å²) in [6.07, 6.45) is 0. The summed E-state index contributed by atoms with van der Waals surface area (Å²) >= 11 is 3.16. The summed E-state index contributed by atoms with van der Waals surface area (Å²) in [5.74, 6) is -2.39. The molecule has 2 atom stereocenters. The molecule has 2 unspecified atom stereocenters. The van der Waals surface area contributed by atoms with Crippen LogP contribution in [0.1, 0.15) is 17.3 Å². The zero-order chi connectivity index (χ0) is 14.9. The first-order chi connectivity index (χ1) is 9.34. The molecule has 0 bridgehead atoms. The number of hydrogen-bond donors (Lipinski definition) is 2. The van der Waals surface area contributed by atoms with Crippen molar-refractivity contribution in [1.82, 2.24) is 5.32 Å². The molecule has 0 aliphatic carbocycles. The number of hydrogen-bond acceptors (Lipinski definition) is 3. The van der Waals surface area contributed by atoms with Crippen molar-refractivity contribution < 1.29 is 23.8 Å². The fraction of sp³-hybridized carbons (Fsp3) is 0.385. The second kappa shape index (κ2) is 5.49. The van der Waals surface area contributed by atoms with Gasteiger partial charge in [0.05, 0.1) is 24.8 Å².